The van der Waals surface area contributed by atoms with Gasteiger partial charge in [0.25, 0.3) is 0 Å². The minimum atomic E-state index is -3.66. The monoisotopic (exact) mass is 549 g/mol. The van der Waals surface area contributed by atoms with Crippen molar-refractivity contribution in [1.29, 1.82) is 0 Å². The van der Waals surface area contributed by atoms with Crippen molar-refractivity contribution in [2.45, 2.75) is 46.2 Å². The molecule has 3 rings (SSSR count). The van der Waals surface area contributed by atoms with Crippen LogP contribution in [0.4, 0.5) is 10.1 Å². The van der Waals surface area contributed by atoms with E-state index in [0.29, 0.717) is 42.5 Å². The van der Waals surface area contributed by atoms with Gasteiger partial charge in [-0.3, -0.25) is 13.9 Å². The lowest BCUT2D eigenvalue weighted by Crippen LogP contribution is -2.48. The fourth-order valence-corrected chi connectivity index (χ4v) is 4.99. The van der Waals surface area contributed by atoms with Gasteiger partial charge < -0.3 is 19.7 Å². The Hall–Kier alpha value is -3.34. The zero-order chi connectivity index (χ0) is 27.9. The molecule has 2 aromatic carbocycles. The van der Waals surface area contributed by atoms with Crippen molar-refractivity contribution in [3.63, 3.8) is 0 Å². The van der Waals surface area contributed by atoms with Gasteiger partial charge in [0.05, 0.1) is 11.9 Å². The normalized spacial score (nSPS) is 13.6. The standard InChI is InChI=1S/C27H36FN3O6S/c1-19(2)17-29-27(33)20(3)30(18-21-8-5-6-9-23(21)28)26(32)10-7-13-31(38(4,34)35)22-11-12-24-25(16-22)37-15-14-36-24/h5-6,8-9,11-12,16,19-20H,7,10,13-15,17-18H2,1-4H3,(H,29,33). The smallest absolute Gasteiger partial charge is 0.242 e. The highest BCUT2D eigenvalue weighted by Gasteiger charge is 2.27. The Labute approximate surface area is 224 Å². The van der Waals surface area contributed by atoms with Gasteiger partial charge in [0.1, 0.15) is 25.1 Å². The predicted octanol–water partition coefficient (Wildman–Crippen LogP) is 3.33. The maximum absolute atomic E-state index is 14.4. The van der Waals surface area contributed by atoms with E-state index < -0.39 is 21.9 Å². The second-order valence-corrected chi connectivity index (χ2v) is 11.6. The molecule has 1 heterocycles. The van der Waals surface area contributed by atoms with Gasteiger partial charge in [-0.15, -0.1) is 0 Å². The Balaban J connectivity index is 1.73. The van der Waals surface area contributed by atoms with Crippen molar-refractivity contribution in [3.8, 4) is 11.5 Å². The van der Waals surface area contributed by atoms with Crippen molar-refractivity contribution in [1.82, 2.24) is 10.2 Å². The summed E-state index contributed by atoms with van der Waals surface area (Å²) in [7, 11) is -3.66. The number of anilines is 1. The molecular formula is C27H36FN3O6S. The van der Waals surface area contributed by atoms with Crippen LogP contribution in [0.15, 0.2) is 42.5 Å². The summed E-state index contributed by atoms with van der Waals surface area (Å²) in [5.74, 6) is 0.0350. The molecule has 2 aromatic rings. The van der Waals surface area contributed by atoms with Crippen LogP contribution in [0.1, 0.15) is 39.2 Å². The van der Waals surface area contributed by atoms with Crippen LogP contribution < -0.4 is 19.1 Å². The maximum atomic E-state index is 14.4. The van der Waals surface area contributed by atoms with E-state index in [1.54, 1.807) is 43.3 Å². The first-order chi connectivity index (χ1) is 18.0. The number of benzene rings is 2. The summed E-state index contributed by atoms with van der Waals surface area (Å²) in [4.78, 5) is 27.4. The molecular weight excluding hydrogens is 513 g/mol. The number of carbonyl (C=O) groups is 2. The fraction of sp³-hybridized carbons (Fsp3) is 0.481. The van der Waals surface area contributed by atoms with Crippen LogP contribution in [0.2, 0.25) is 0 Å². The second-order valence-electron chi connectivity index (χ2n) is 9.69. The van der Waals surface area contributed by atoms with Crippen LogP contribution in [0.25, 0.3) is 0 Å². The van der Waals surface area contributed by atoms with Gasteiger partial charge in [-0.25, -0.2) is 12.8 Å². The van der Waals surface area contributed by atoms with E-state index in [1.807, 2.05) is 13.8 Å². The summed E-state index contributed by atoms with van der Waals surface area (Å²) in [5.41, 5.74) is 0.687. The van der Waals surface area contributed by atoms with E-state index in [-0.39, 0.29) is 43.7 Å². The molecule has 1 N–H and O–H groups in total. The number of rotatable bonds is 12. The Bertz CT molecular complexity index is 1240. The molecule has 0 saturated heterocycles. The Morgan fingerprint density at radius 1 is 1.05 bits per heavy atom. The summed E-state index contributed by atoms with van der Waals surface area (Å²) >= 11 is 0. The molecule has 2 amide bonds. The van der Waals surface area contributed by atoms with Crippen molar-refractivity contribution in [3.05, 3.63) is 53.8 Å². The Morgan fingerprint density at radius 2 is 1.74 bits per heavy atom. The van der Waals surface area contributed by atoms with Gasteiger partial charge in [-0.05, 0) is 37.5 Å². The number of nitrogens with zero attached hydrogens (tertiary/aromatic N) is 2. The molecule has 0 aromatic heterocycles. The number of amides is 2. The van der Waals surface area contributed by atoms with Gasteiger partial charge in [0, 0.05) is 37.7 Å². The summed E-state index contributed by atoms with van der Waals surface area (Å²) in [6.07, 6.45) is 1.25. The topological polar surface area (TPSA) is 105 Å². The largest absolute Gasteiger partial charge is 0.486 e. The van der Waals surface area contributed by atoms with Crippen LogP contribution in [0.3, 0.4) is 0 Å². The first-order valence-corrected chi connectivity index (χ1v) is 14.5. The lowest BCUT2D eigenvalue weighted by molar-refractivity contribution is -0.140. The third-order valence-corrected chi connectivity index (χ3v) is 7.31. The van der Waals surface area contributed by atoms with Gasteiger partial charge in [0.2, 0.25) is 21.8 Å². The highest BCUT2D eigenvalue weighted by molar-refractivity contribution is 7.92. The first-order valence-electron chi connectivity index (χ1n) is 12.6. The number of hydrogen-bond acceptors (Lipinski definition) is 6. The van der Waals surface area contributed by atoms with Crippen LogP contribution in [-0.4, -0.2) is 63.7 Å². The molecule has 0 radical (unpaired) electrons. The second kappa shape index (κ2) is 12.9. The van der Waals surface area contributed by atoms with E-state index >= 15 is 0 Å². The predicted molar refractivity (Wildman–Crippen MR) is 143 cm³/mol. The van der Waals surface area contributed by atoms with E-state index in [4.69, 9.17) is 9.47 Å². The van der Waals surface area contributed by atoms with E-state index in [9.17, 15) is 22.4 Å². The number of fused-ring (bicyclic) bond motifs is 1. The lowest BCUT2D eigenvalue weighted by atomic mass is 10.1. The number of sulfonamides is 1. The molecule has 9 nitrogen and oxygen atoms in total. The van der Waals surface area contributed by atoms with E-state index in [1.165, 1.54) is 15.3 Å². The zero-order valence-electron chi connectivity index (χ0n) is 22.3. The van der Waals surface area contributed by atoms with Crippen molar-refractivity contribution < 1.29 is 31.9 Å². The molecule has 0 spiro atoms. The average molecular weight is 550 g/mol. The first kappa shape index (κ1) is 29.2. The number of carbonyl (C=O) groups excluding carboxylic acids is 2. The highest BCUT2D eigenvalue weighted by Crippen LogP contribution is 2.34. The molecule has 1 aliphatic rings. The van der Waals surface area contributed by atoms with Crippen molar-refractivity contribution in [2.75, 3.05) is 36.9 Å². The lowest BCUT2D eigenvalue weighted by Gasteiger charge is -2.30. The molecule has 0 aliphatic carbocycles. The third-order valence-electron chi connectivity index (χ3n) is 6.12. The molecule has 208 valence electrons. The van der Waals surface area contributed by atoms with Gasteiger partial charge in [0.15, 0.2) is 11.5 Å². The average Bonchev–Trinajstić information content (AvgIpc) is 2.87. The summed E-state index contributed by atoms with van der Waals surface area (Å²) in [5, 5.41) is 2.82. The minimum Gasteiger partial charge on any atom is -0.486 e. The van der Waals surface area contributed by atoms with Crippen molar-refractivity contribution >= 4 is 27.5 Å². The Morgan fingerprint density at radius 3 is 2.39 bits per heavy atom. The molecule has 1 aliphatic heterocycles. The molecule has 1 unspecified atom stereocenters. The van der Waals surface area contributed by atoms with E-state index in [2.05, 4.69) is 5.32 Å². The maximum Gasteiger partial charge on any atom is 0.242 e. The fourth-order valence-electron chi connectivity index (χ4n) is 4.04. The SMILES string of the molecule is CC(C)CNC(=O)C(C)N(Cc1ccccc1F)C(=O)CCCN(c1ccc2c(c1)OCCO2)S(C)(=O)=O. The number of halogens is 1. The van der Waals surface area contributed by atoms with Crippen molar-refractivity contribution in [2.24, 2.45) is 5.92 Å². The molecule has 1 atom stereocenters. The summed E-state index contributed by atoms with van der Waals surface area (Å²) in [6, 6.07) is 10.1. The number of hydrogen-bond donors (Lipinski definition) is 1. The van der Waals surface area contributed by atoms with Gasteiger partial charge in [-0.2, -0.15) is 0 Å². The molecule has 0 bridgehead atoms. The van der Waals surface area contributed by atoms with Crippen LogP contribution in [-0.2, 0) is 26.2 Å². The third kappa shape index (κ3) is 7.83. The minimum absolute atomic E-state index is 0.0334. The summed E-state index contributed by atoms with van der Waals surface area (Å²) < 4.78 is 51.8. The highest BCUT2D eigenvalue weighted by atomic mass is 32.2. The molecule has 0 saturated carbocycles. The van der Waals surface area contributed by atoms with Gasteiger partial charge in [-0.1, -0.05) is 32.0 Å². The number of ether oxygens (including phenoxy) is 2. The molecule has 0 fully saturated rings. The number of nitrogens with one attached hydrogen (secondary N) is 1. The van der Waals surface area contributed by atoms with E-state index in [0.717, 1.165) is 6.26 Å². The molecule has 11 heteroatoms. The molecule has 38 heavy (non-hydrogen) atoms. The van der Waals surface area contributed by atoms with Crippen LogP contribution >= 0.6 is 0 Å². The van der Waals surface area contributed by atoms with Crippen LogP contribution in [0, 0.1) is 11.7 Å². The summed E-state index contributed by atoms with van der Waals surface area (Å²) in [6.45, 7) is 6.71. The quantitative estimate of drug-likeness (QED) is 0.436. The van der Waals surface area contributed by atoms with Crippen LogP contribution in [0.5, 0.6) is 11.5 Å². The zero-order valence-corrected chi connectivity index (χ0v) is 23.1. The van der Waals surface area contributed by atoms with Gasteiger partial charge >= 0.3 is 0 Å². The Kier molecular flexibility index (Phi) is 9.96.